The highest BCUT2D eigenvalue weighted by molar-refractivity contribution is 5.85. The summed E-state index contributed by atoms with van der Waals surface area (Å²) in [5.41, 5.74) is 3.12. The summed E-state index contributed by atoms with van der Waals surface area (Å²) in [6.07, 6.45) is -0.617. The average molecular weight is 329 g/mol. The molecular formula is C19H23NO4. The molecule has 0 saturated carbocycles. The fourth-order valence-electron chi connectivity index (χ4n) is 2.09. The maximum Gasteiger partial charge on any atom is 0.408 e. The Kier molecular flexibility index (Phi) is 6.37. The molecule has 1 aliphatic rings. The quantitative estimate of drug-likeness (QED) is 0.867. The third-order valence-electron chi connectivity index (χ3n) is 3.40. The van der Waals surface area contributed by atoms with Crippen LogP contribution in [0.3, 0.4) is 0 Å². The van der Waals surface area contributed by atoms with Gasteiger partial charge in [0.05, 0.1) is 0 Å². The van der Waals surface area contributed by atoms with Gasteiger partial charge in [0.15, 0.2) is 6.04 Å². The molecule has 128 valence electrons. The molecule has 1 heterocycles. The molecule has 0 aromatic heterocycles. The first-order valence-electron chi connectivity index (χ1n) is 7.97. The molecule has 1 fully saturated rings. The number of carbonyl (C=O) groups excluding carboxylic acids is 2. The van der Waals surface area contributed by atoms with Crippen molar-refractivity contribution in [3.8, 4) is 11.1 Å². The van der Waals surface area contributed by atoms with E-state index in [0.717, 1.165) is 16.7 Å². The van der Waals surface area contributed by atoms with Crippen LogP contribution < -0.4 is 5.32 Å². The van der Waals surface area contributed by atoms with E-state index in [1.807, 2.05) is 68.4 Å². The first-order valence-corrected chi connectivity index (χ1v) is 7.97. The van der Waals surface area contributed by atoms with Gasteiger partial charge in [0.25, 0.3) is 0 Å². The molecular weight excluding hydrogens is 306 g/mol. The normalized spacial score (nSPS) is 15.2. The lowest BCUT2D eigenvalue weighted by Crippen LogP contribution is -2.53. The van der Waals surface area contributed by atoms with Crippen LogP contribution in [0.4, 0.5) is 4.79 Å². The van der Waals surface area contributed by atoms with Crippen molar-refractivity contribution in [2.45, 2.75) is 26.5 Å². The molecule has 3 rings (SSSR count). The third kappa shape index (κ3) is 4.59. The van der Waals surface area contributed by atoms with Gasteiger partial charge >= 0.3 is 12.1 Å². The zero-order chi connectivity index (χ0) is 17.4. The number of nitrogens with one attached hydrogen (secondary N) is 1. The topological polar surface area (TPSA) is 64.6 Å². The van der Waals surface area contributed by atoms with Crippen LogP contribution in [0.15, 0.2) is 54.6 Å². The zero-order valence-electron chi connectivity index (χ0n) is 13.8. The summed E-state index contributed by atoms with van der Waals surface area (Å²) in [5.74, 6) is -0.427. The Morgan fingerprint density at radius 3 is 2.29 bits per heavy atom. The summed E-state index contributed by atoms with van der Waals surface area (Å²) in [5, 5.41) is 2.44. The predicted octanol–water partition coefficient (Wildman–Crippen LogP) is 3.78. The van der Waals surface area contributed by atoms with E-state index in [2.05, 4.69) is 10.1 Å². The van der Waals surface area contributed by atoms with Crippen LogP contribution in [0.5, 0.6) is 0 Å². The number of carbonyl (C=O) groups is 2. The first kappa shape index (κ1) is 17.5. The number of hydrogen-bond donors (Lipinski definition) is 1. The van der Waals surface area contributed by atoms with Crippen molar-refractivity contribution >= 4 is 12.1 Å². The lowest BCUT2D eigenvalue weighted by molar-refractivity contribution is -0.162. The number of amides is 1. The Bertz CT molecular complexity index is 674. The summed E-state index contributed by atoms with van der Waals surface area (Å²) < 4.78 is 9.62. The van der Waals surface area contributed by atoms with Crippen molar-refractivity contribution in [2.75, 3.05) is 6.61 Å². The van der Waals surface area contributed by atoms with E-state index in [-0.39, 0.29) is 14.6 Å². The van der Waals surface area contributed by atoms with E-state index in [9.17, 15) is 9.59 Å². The zero-order valence-corrected chi connectivity index (χ0v) is 13.8. The van der Waals surface area contributed by atoms with Crippen LogP contribution in [0.25, 0.3) is 11.1 Å². The summed E-state index contributed by atoms with van der Waals surface area (Å²) in [6, 6.07) is 17.2. The highest BCUT2D eigenvalue weighted by atomic mass is 16.6. The molecule has 1 saturated heterocycles. The highest BCUT2D eigenvalue weighted by Gasteiger charge is 2.32. The molecule has 5 nitrogen and oxygen atoms in total. The maximum absolute atomic E-state index is 11.5. The van der Waals surface area contributed by atoms with Crippen LogP contribution in [0.2, 0.25) is 0 Å². The largest absolute Gasteiger partial charge is 0.461 e. The SMILES string of the molecule is CC.O=C(N[C@@H]1COC1=O)OCc1ccc(-c2ccccc2)cc1.[HH]. The molecule has 24 heavy (non-hydrogen) atoms. The minimum absolute atomic E-state index is 0. The number of alkyl carbamates (subject to hydrolysis) is 1. The van der Waals surface area contributed by atoms with Crippen molar-refractivity contribution < 1.29 is 20.5 Å². The minimum Gasteiger partial charge on any atom is -0.461 e. The molecule has 0 unspecified atom stereocenters. The summed E-state index contributed by atoms with van der Waals surface area (Å²) >= 11 is 0. The van der Waals surface area contributed by atoms with Gasteiger partial charge in [-0.3, -0.25) is 0 Å². The van der Waals surface area contributed by atoms with Crippen molar-refractivity contribution in [3.63, 3.8) is 0 Å². The average Bonchev–Trinajstić information content (AvgIpc) is 2.66. The number of esters is 1. The Balaban J connectivity index is 0.00000101. The van der Waals surface area contributed by atoms with Crippen molar-refractivity contribution in [1.29, 1.82) is 0 Å². The van der Waals surface area contributed by atoms with E-state index < -0.39 is 18.1 Å². The van der Waals surface area contributed by atoms with Crippen molar-refractivity contribution in [2.24, 2.45) is 0 Å². The number of cyclic esters (lactones) is 1. The molecule has 5 heteroatoms. The molecule has 0 bridgehead atoms. The minimum atomic E-state index is -0.617. The van der Waals surface area contributed by atoms with Gasteiger partial charge in [0.2, 0.25) is 0 Å². The summed E-state index contributed by atoms with van der Waals surface area (Å²) in [4.78, 5) is 22.4. The smallest absolute Gasteiger partial charge is 0.408 e. The second-order valence-corrected chi connectivity index (χ2v) is 4.97. The number of ether oxygens (including phenoxy) is 2. The van der Waals surface area contributed by atoms with Gasteiger partial charge in [-0.1, -0.05) is 68.4 Å². The fraction of sp³-hybridized carbons (Fsp3) is 0.263. The maximum atomic E-state index is 11.5. The van der Waals surface area contributed by atoms with E-state index in [1.54, 1.807) is 0 Å². The molecule has 0 aliphatic carbocycles. The first-order chi connectivity index (χ1) is 11.7. The van der Waals surface area contributed by atoms with Gasteiger partial charge in [-0.05, 0) is 16.7 Å². The van der Waals surface area contributed by atoms with Crippen LogP contribution in [0.1, 0.15) is 20.8 Å². The molecule has 1 amide bonds. The fourth-order valence-corrected chi connectivity index (χ4v) is 2.09. The Labute approximate surface area is 143 Å². The van der Waals surface area contributed by atoms with Crippen LogP contribution in [-0.4, -0.2) is 24.7 Å². The lowest BCUT2D eigenvalue weighted by Gasteiger charge is -2.24. The Morgan fingerprint density at radius 2 is 1.75 bits per heavy atom. The van der Waals surface area contributed by atoms with E-state index in [0.29, 0.717) is 0 Å². The van der Waals surface area contributed by atoms with Gasteiger partial charge in [0.1, 0.15) is 13.2 Å². The molecule has 2 aromatic rings. The van der Waals surface area contributed by atoms with E-state index in [4.69, 9.17) is 4.74 Å². The molecule has 1 atom stereocenters. The number of hydrogen-bond acceptors (Lipinski definition) is 4. The van der Waals surface area contributed by atoms with E-state index >= 15 is 0 Å². The van der Waals surface area contributed by atoms with Crippen LogP contribution in [-0.2, 0) is 20.9 Å². The molecule has 2 aromatic carbocycles. The molecule has 0 spiro atoms. The molecule has 0 radical (unpaired) electrons. The standard InChI is InChI=1S/C17H15NO4.C2H6.H2/c19-16-15(11-21-16)18-17(20)22-10-12-6-8-14(9-7-12)13-4-2-1-3-5-13;1-2;/h1-9,15H,10-11H2,(H,18,20);1-2H3;1H/t15-;;/m1../s1. The summed E-state index contributed by atoms with van der Waals surface area (Å²) in [7, 11) is 0. The van der Waals surface area contributed by atoms with Gasteiger partial charge in [-0.25, -0.2) is 9.59 Å². The summed E-state index contributed by atoms with van der Waals surface area (Å²) in [6.45, 7) is 4.36. The van der Waals surface area contributed by atoms with Gasteiger partial charge in [-0.2, -0.15) is 0 Å². The van der Waals surface area contributed by atoms with Gasteiger partial charge in [0, 0.05) is 1.43 Å². The predicted molar refractivity (Wildman–Crippen MR) is 93.4 cm³/mol. The Hall–Kier alpha value is -2.82. The van der Waals surface area contributed by atoms with Crippen LogP contribution in [0, 0.1) is 0 Å². The van der Waals surface area contributed by atoms with Gasteiger partial charge in [-0.15, -0.1) is 0 Å². The monoisotopic (exact) mass is 329 g/mol. The third-order valence-corrected chi connectivity index (χ3v) is 3.40. The molecule has 1 aliphatic heterocycles. The Morgan fingerprint density at radius 1 is 1.12 bits per heavy atom. The lowest BCUT2D eigenvalue weighted by atomic mass is 10.0. The van der Waals surface area contributed by atoms with E-state index in [1.165, 1.54) is 0 Å². The second-order valence-electron chi connectivity index (χ2n) is 4.97. The van der Waals surface area contributed by atoms with Crippen molar-refractivity contribution in [1.82, 2.24) is 5.32 Å². The second kappa shape index (κ2) is 8.72. The number of benzene rings is 2. The van der Waals surface area contributed by atoms with Crippen LogP contribution >= 0.6 is 0 Å². The van der Waals surface area contributed by atoms with Gasteiger partial charge < -0.3 is 14.8 Å². The molecule has 1 N–H and O–H groups in total. The van der Waals surface area contributed by atoms with Crippen molar-refractivity contribution in [3.05, 3.63) is 60.2 Å². The highest BCUT2D eigenvalue weighted by Crippen LogP contribution is 2.19. The number of rotatable bonds is 4.